The second kappa shape index (κ2) is 9.46. The molecule has 0 unspecified atom stereocenters. The fourth-order valence-corrected chi connectivity index (χ4v) is 5.01. The molecule has 1 amide bonds. The third-order valence-electron chi connectivity index (χ3n) is 5.64. The summed E-state index contributed by atoms with van der Waals surface area (Å²) in [4.78, 5) is 25.4. The van der Waals surface area contributed by atoms with E-state index in [1.54, 1.807) is 36.5 Å². The summed E-state index contributed by atoms with van der Waals surface area (Å²) >= 11 is 6.17. The maximum atomic E-state index is 13.0. The first-order valence-corrected chi connectivity index (χ1v) is 12.3. The van der Waals surface area contributed by atoms with Crippen molar-refractivity contribution in [2.75, 3.05) is 31.9 Å². The number of hydrogen-bond acceptors (Lipinski definition) is 6. The minimum atomic E-state index is -3.83. The number of carbonyl (C=O) groups excluding carboxylic acids is 1. The van der Waals surface area contributed by atoms with Crippen LogP contribution < -0.4 is 4.72 Å². The first-order chi connectivity index (χ1) is 15.7. The van der Waals surface area contributed by atoms with Gasteiger partial charge in [-0.05, 0) is 44.8 Å². The van der Waals surface area contributed by atoms with Crippen LogP contribution in [0.4, 0.5) is 5.69 Å². The Labute approximate surface area is 198 Å². The van der Waals surface area contributed by atoms with Gasteiger partial charge in [0, 0.05) is 48.8 Å². The van der Waals surface area contributed by atoms with Gasteiger partial charge in [0.1, 0.15) is 0 Å². The van der Waals surface area contributed by atoms with Crippen LogP contribution in [0.1, 0.15) is 16.8 Å². The van der Waals surface area contributed by atoms with Crippen molar-refractivity contribution < 1.29 is 13.2 Å². The molecule has 4 rings (SSSR count). The Morgan fingerprint density at radius 2 is 1.85 bits per heavy atom. The van der Waals surface area contributed by atoms with Crippen molar-refractivity contribution >= 4 is 33.2 Å². The number of likely N-dealkylation sites (tertiary alicyclic amines) is 1. The SMILES string of the molecule is CN(C)[C@H]1CCN(C(=O)c2cncc(-c3cnc(Cl)c(NS(=O)(=O)c4ccccc4)c3)c2)C1. The van der Waals surface area contributed by atoms with Gasteiger partial charge >= 0.3 is 0 Å². The van der Waals surface area contributed by atoms with E-state index in [1.165, 1.54) is 24.5 Å². The average Bonchev–Trinajstić information content (AvgIpc) is 3.31. The summed E-state index contributed by atoms with van der Waals surface area (Å²) in [5, 5.41) is 0.0187. The number of aromatic nitrogens is 2. The Bertz CT molecular complexity index is 1270. The first kappa shape index (κ1) is 23.2. The quantitative estimate of drug-likeness (QED) is 0.538. The Kier molecular flexibility index (Phi) is 6.64. The van der Waals surface area contributed by atoms with Gasteiger partial charge in [-0.1, -0.05) is 29.8 Å². The van der Waals surface area contributed by atoms with Crippen LogP contribution in [-0.2, 0) is 10.0 Å². The van der Waals surface area contributed by atoms with Gasteiger partial charge in [0.2, 0.25) is 0 Å². The number of pyridine rings is 2. The average molecular weight is 486 g/mol. The molecule has 1 atom stereocenters. The van der Waals surface area contributed by atoms with Crippen molar-refractivity contribution in [3.05, 3.63) is 71.8 Å². The van der Waals surface area contributed by atoms with Crippen LogP contribution in [0.3, 0.4) is 0 Å². The fourth-order valence-electron chi connectivity index (χ4n) is 3.73. The molecule has 33 heavy (non-hydrogen) atoms. The van der Waals surface area contributed by atoms with Crippen molar-refractivity contribution in [2.24, 2.45) is 0 Å². The molecule has 0 bridgehead atoms. The number of nitrogens with zero attached hydrogens (tertiary/aromatic N) is 4. The number of anilines is 1. The molecule has 1 aliphatic rings. The van der Waals surface area contributed by atoms with Gasteiger partial charge < -0.3 is 9.80 Å². The van der Waals surface area contributed by atoms with Crippen molar-refractivity contribution in [3.8, 4) is 11.1 Å². The van der Waals surface area contributed by atoms with E-state index in [-0.39, 0.29) is 21.6 Å². The van der Waals surface area contributed by atoms with Crippen molar-refractivity contribution in [1.82, 2.24) is 19.8 Å². The number of likely N-dealkylation sites (N-methyl/N-ethyl adjacent to an activating group) is 1. The molecule has 0 aliphatic carbocycles. The minimum absolute atomic E-state index is 0.0187. The number of halogens is 1. The van der Waals surface area contributed by atoms with E-state index in [0.717, 1.165) is 6.42 Å². The molecule has 1 aromatic carbocycles. The third kappa shape index (κ3) is 5.16. The van der Waals surface area contributed by atoms with Gasteiger partial charge in [-0.3, -0.25) is 14.5 Å². The highest BCUT2D eigenvalue weighted by Gasteiger charge is 2.28. The molecular formula is C23H24ClN5O3S. The molecule has 1 fully saturated rings. The fraction of sp³-hybridized carbons (Fsp3) is 0.261. The second-order valence-electron chi connectivity index (χ2n) is 8.10. The number of nitrogens with one attached hydrogen (secondary N) is 1. The molecule has 0 radical (unpaired) electrons. The standard InChI is InChI=1S/C23H24ClN5O3S/c1-28(2)19-8-9-29(15-19)23(30)18-10-16(12-25-13-18)17-11-21(22(24)26-14-17)27-33(31,32)20-6-4-3-5-7-20/h3-7,10-14,19,27H,8-9,15H2,1-2H3/t19-/m0/s1. The predicted molar refractivity (Wildman–Crippen MR) is 128 cm³/mol. The topological polar surface area (TPSA) is 95.5 Å². The van der Waals surface area contributed by atoms with Gasteiger partial charge in [0.05, 0.1) is 16.1 Å². The molecule has 3 aromatic rings. The molecule has 0 saturated carbocycles. The van der Waals surface area contributed by atoms with E-state index in [9.17, 15) is 13.2 Å². The van der Waals surface area contributed by atoms with E-state index >= 15 is 0 Å². The van der Waals surface area contributed by atoms with Gasteiger partial charge in [-0.2, -0.15) is 0 Å². The lowest BCUT2D eigenvalue weighted by Gasteiger charge is -2.20. The number of sulfonamides is 1. The number of rotatable bonds is 6. The van der Waals surface area contributed by atoms with Crippen LogP contribution in [0.2, 0.25) is 5.15 Å². The molecule has 10 heteroatoms. The smallest absolute Gasteiger partial charge is 0.261 e. The lowest BCUT2D eigenvalue weighted by atomic mass is 10.1. The van der Waals surface area contributed by atoms with Crippen molar-refractivity contribution in [2.45, 2.75) is 17.4 Å². The largest absolute Gasteiger partial charge is 0.337 e. The maximum absolute atomic E-state index is 13.0. The molecule has 1 saturated heterocycles. The Balaban J connectivity index is 1.59. The number of amides is 1. The summed E-state index contributed by atoms with van der Waals surface area (Å²) in [6.45, 7) is 1.36. The molecule has 1 N–H and O–H groups in total. The zero-order valence-electron chi connectivity index (χ0n) is 18.3. The van der Waals surface area contributed by atoms with E-state index in [4.69, 9.17) is 11.6 Å². The zero-order chi connectivity index (χ0) is 23.6. The molecule has 172 valence electrons. The highest BCUT2D eigenvalue weighted by atomic mass is 35.5. The maximum Gasteiger partial charge on any atom is 0.261 e. The summed E-state index contributed by atoms with van der Waals surface area (Å²) in [6, 6.07) is 11.7. The molecule has 0 spiro atoms. The van der Waals surface area contributed by atoms with Crippen LogP contribution >= 0.6 is 11.6 Å². The van der Waals surface area contributed by atoms with Crippen molar-refractivity contribution in [1.29, 1.82) is 0 Å². The summed E-state index contributed by atoms with van der Waals surface area (Å²) < 4.78 is 27.9. The number of hydrogen-bond donors (Lipinski definition) is 1. The number of benzene rings is 1. The number of carbonyl (C=O) groups is 1. The second-order valence-corrected chi connectivity index (χ2v) is 10.1. The van der Waals surface area contributed by atoms with Crippen LogP contribution in [-0.4, -0.2) is 67.3 Å². The van der Waals surface area contributed by atoms with Crippen molar-refractivity contribution in [3.63, 3.8) is 0 Å². The molecule has 2 aromatic heterocycles. The molecule has 1 aliphatic heterocycles. The van der Waals surface area contributed by atoms with Gasteiger partial charge in [-0.15, -0.1) is 0 Å². The minimum Gasteiger partial charge on any atom is -0.337 e. The first-order valence-electron chi connectivity index (χ1n) is 10.4. The van der Waals surface area contributed by atoms with E-state index in [2.05, 4.69) is 19.6 Å². The van der Waals surface area contributed by atoms with Crippen LogP contribution in [0, 0.1) is 0 Å². The van der Waals surface area contributed by atoms with Crippen LogP contribution in [0.25, 0.3) is 11.1 Å². The Morgan fingerprint density at radius 1 is 1.12 bits per heavy atom. The van der Waals surface area contributed by atoms with Gasteiger partial charge in [0.15, 0.2) is 5.15 Å². The highest BCUT2D eigenvalue weighted by Crippen LogP contribution is 2.29. The van der Waals surface area contributed by atoms with Crippen LogP contribution in [0.5, 0.6) is 0 Å². The lowest BCUT2D eigenvalue weighted by Crippen LogP contribution is -2.34. The Morgan fingerprint density at radius 3 is 2.55 bits per heavy atom. The molecule has 8 nitrogen and oxygen atoms in total. The molecular weight excluding hydrogens is 462 g/mol. The summed E-state index contributed by atoms with van der Waals surface area (Å²) in [6.07, 6.45) is 5.59. The van der Waals surface area contributed by atoms with E-state index < -0.39 is 10.0 Å². The monoisotopic (exact) mass is 485 g/mol. The van der Waals surface area contributed by atoms with E-state index in [0.29, 0.717) is 35.8 Å². The Hall–Kier alpha value is -3.01. The van der Waals surface area contributed by atoms with Gasteiger partial charge in [-0.25, -0.2) is 13.4 Å². The normalized spacial score (nSPS) is 16.2. The predicted octanol–water partition coefficient (Wildman–Crippen LogP) is 3.37. The summed E-state index contributed by atoms with van der Waals surface area (Å²) in [5.41, 5.74) is 1.82. The van der Waals surface area contributed by atoms with Crippen LogP contribution in [0.15, 0.2) is 66.0 Å². The van der Waals surface area contributed by atoms with Gasteiger partial charge in [0.25, 0.3) is 15.9 Å². The van der Waals surface area contributed by atoms with E-state index in [1.807, 2.05) is 19.0 Å². The summed E-state index contributed by atoms with van der Waals surface area (Å²) in [7, 11) is 0.189. The third-order valence-corrected chi connectivity index (χ3v) is 7.32. The highest BCUT2D eigenvalue weighted by molar-refractivity contribution is 7.92. The summed E-state index contributed by atoms with van der Waals surface area (Å²) in [5.74, 6) is -0.0828. The molecule has 3 heterocycles. The zero-order valence-corrected chi connectivity index (χ0v) is 19.8. The lowest BCUT2D eigenvalue weighted by molar-refractivity contribution is 0.0782.